The van der Waals surface area contributed by atoms with Crippen molar-refractivity contribution >= 4 is 21.4 Å². The van der Waals surface area contributed by atoms with Crippen LogP contribution < -0.4 is 5.32 Å². The second-order valence-corrected chi connectivity index (χ2v) is 8.55. The molecule has 0 spiro atoms. The van der Waals surface area contributed by atoms with Crippen LogP contribution in [0.2, 0.25) is 0 Å². The van der Waals surface area contributed by atoms with Gasteiger partial charge >= 0.3 is 0 Å². The summed E-state index contributed by atoms with van der Waals surface area (Å²) < 4.78 is 23.5. The largest absolute Gasteiger partial charge is 0.314 e. The van der Waals surface area contributed by atoms with E-state index >= 15 is 0 Å². The van der Waals surface area contributed by atoms with Crippen molar-refractivity contribution < 1.29 is 8.42 Å². The van der Waals surface area contributed by atoms with Crippen molar-refractivity contribution in [3.05, 3.63) is 54.1 Å². The molecule has 1 aliphatic rings. The first-order chi connectivity index (χ1) is 11.6. The van der Waals surface area contributed by atoms with Crippen molar-refractivity contribution in [2.75, 3.05) is 31.4 Å². The Bertz CT molecular complexity index is 768. The van der Waals surface area contributed by atoms with Gasteiger partial charge in [-0.05, 0) is 28.8 Å². The van der Waals surface area contributed by atoms with Gasteiger partial charge in [0.15, 0.2) is 9.84 Å². The van der Waals surface area contributed by atoms with Crippen LogP contribution in [-0.4, -0.2) is 44.7 Å². The maximum atomic E-state index is 11.7. The van der Waals surface area contributed by atoms with E-state index in [1.807, 2.05) is 12.1 Å². The van der Waals surface area contributed by atoms with Gasteiger partial charge in [0.1, 0.15) is 5.21 Å². The smallest absolute Gasteiger partial charge is 0.192 e. The number of nitrogens with zero attached hydrogens (tertiary/aromatic N) is 1. The number of sulfone groups is 1. The Morgan fingerprint density at radius 3 is 2.00 bits per heavy atom. The number of rotatable bonds is 5. The third-order valence-electron chi connectivity index (χ3n) is 4.26. The van der Waals surface area contributed by atoms with Crippen LogP contribution >= 0.6 is 11.6 Å². The van der Waals surface area contributed by atoms with Gasteiger partial charge in [0.2, 0.25) is 0 Å². The molecule has 1 aliphatic heterocycles. The van der Waals surface area contributed by atoms with Crippen LogP contribution in [0, 0.1) is 0 Å². The molecule has 2 aromatic carbocycles. The molecule has 1 N–H and O–H groups in total. The number of alkyl halides is 1. The van der Waals surface area contributed by atoms with Crippen molar-refractivity contribution in [2.45, 2.75) is 11.4 Å². The average Bonchev–Trinajstić information content (AvgIpc) is 2.63. The third kappa shape index (κ3) is 4.16. The summed E-state index contributed by atoms with van der Waals surface area (Å²) in [5.41, 5.74) is 3.37. The Morgan fingerprint density at radius 1 is 0.917 bits per heavy atom. The van der Waals surface area contributed by atoms with Crippen LogP contribution in [0.25, 0.3) is 11.1 Å². The molecule has 0 amide bonds. The van der Waals surface area contributed by atoms with Crippen LogP contribution in [-0.2, 0) is 16.4 Å². The SMILES string of the molecule is O=S(=O)(CCl)c1ccc(-c2ccc(CN3CCNCC3)cc2)cc1. The van der Waals surface area contributed by atoms with Gasteiger partial charge in [-0.2, -0.15) is 0 Å². The van der Waals surface area contributed by atoms with Crippen molar-refractivity contribution in [2.24, 2.45) is 0 Å². The molecule has 1 fully saturated rings. The number of halogens is 1. The lowest BCUT2D eigenvalue weighted by atomic mass is 10.0. The highest BCUT2D eigenvalue weighted by Gasteiger charge is 2.13. The Labute approximate surface area is 148 Å². The second kappa shape index (κ2) is 7.66. The molecule has 2 aromatic rings. The van der Waals surface area contributed by atoms with Gasteiger partial charge in [-0.15, -0.1) is 11.6 Å². The van der Waals surface area contributed by atoms with E-state index in [0.29, 0.717) is 0 Å². The first-order valence-electron chi connectivity index (χ1n) is 8.00. The molecule has 0 radical (unpaired) electrons. The van der Waals surface area contributed by atoms with E-state index in [2.05, 4.69) is 34.5 Å². The number of nitrogens with one attached hydrogen (secondary N) is 1. The minimum absolute atomic E-state index is 0.261. The van der Waals surface area contributed by atoms with Crippen molar-refractivity contribution in [3.63, 3.8) is 0 Å². The lowest BCUT2D eigenvalue weighted by Gasteiger charge is -2.27. The average molecular weight is 365 g/mol. The Kier molecular flexibility index (Phi) is 5.56. The summed E-state index contributed by atoms with van der Waals surface area (Å²) >= 11 is 5.49. The summed E-state index contributed by atoms with van der Waals surface area (Å²) in [5, 5.41) is 2.96. The van der Waals surface area contributed by atoms with Crippen molar-refractivity contribution in [1.82, 2.24) is 10.2 Å². The summed E-state index contributed by atoms with van der Waals surface area (Å²) in [5.74, 6) is 0. The number of piperazine rings is 1. The molecule has 0 unspecified atom stereocenters. The fourth-order valence-corrected chi connectivity index (χ4v) is 3.90. The highest BCUT2D eigenvalue weighted by Crippen LogP contribution is 2.23. The molecular formula is C18H21ClN2O2S. The minimum Gasteiger partial charge on any atom is -0.314 e. The van der Waals surface area contributed by atoms with Gasteiger partial charge in [0.05, 0.1) is 4.90 Å². The number of benzene rings is 2. The van der Waals surface area contributed by atoms with E-state index in [1.54, 1.807) is 12.1 Å². The van der Waals surface area contributed by atoms with Crippen LogP contribution in [0.1, 0.15) is 5.56 Å². The minimum atomic E-state index is -3.37. The molecule has 1 heterocycles. The van der Waals surface area contributed by atoms with E-state index < -0.39 is 15.0 Å². The van der Waals surface area contributed by atoms with Gasteiger partial charge in [0.25, 0.3) is 0 Å². The zero-order valence-electron chi connectivity index (χ0n) is 13.4. The van der Waals surface area contributed by atoms with Gasteiger partial charge < -0.3 is 5.32 Å². The fraction of sp³-hybridized carbons (Fsp3) is 0.333. The highest BCUT2D eigenvalue weighted by atomic mass is 35.5. The van der Waals surface area contributed by atoms with Crippen LogP contribution in [0.5, 0.6) is 0 Å². The predicted octanol–water partition coefficient (Wildman–Crippen LogP) is 2.73. The molecule has 4 nitrogen and oxygen atoms in total. The van der Waals surface area contributed by atoms with Crippen LogP contribution in [0.15, 0.2) is 53.4 Å². The molecular weight excluding hydrogens is 344 g/mol. The maximum absolute atomic E-state index is 11.7. The molecule has 6 heteroatoms. The molecule has 0 aromatic heterocycles. The van der Waals surface area contributed by atoms with E-state index in [1.165, 1.54) is 5.56 Å². The summed E-state index contributed by atoms with van der Waals surface area (Å²) in [4.78, 5) is 2.70. The standard InChI is InChI=1S/C18H21ClN2O2S/c19-14-24(22,23)18-7-5-17(6-8-18)16-3-1-15(2-4-16)13-21-11-9-20-10-12-21/h1-8,20H,9-14H2. The first-order valence-corrected chi connectivity index (χ1v) is 10.2. The summed E-state index contributed by atoms with van der Waals surface area (Å²) in [6.07, 6.45) is 0. The normalized spacial score (nSPS) is 16.2. The Balaban J connectivity index is 1.71. The number of hydrogen-bond acceptors (Lipinski definition) is 4. The van der Waals surface area contributed by atoms with Crippen LogP contribution in [0.4, 0.5) is 0 Å². The fourth-order valence-electron chi connectivity index (χ4n) is 2.85. The molecule has 0 saturated carbocycles. The molecule has 1 saturated heterocycles. The van der Waals surface area contributed by atoms with Gasteiger partial charge in [-0.3, -0.25) is 4.90 Å². The molecule has 24 heavy (non-hydrogen) atoms. The van der Waals surface area contributed by atoms with Gasteiger partial charge in [-0.1, -0.05) is 36.4 Å². The monoisotopic (exact) mass is 364 g/mol. The molecule has 3 rings (SSSR count). The third-order valence-corrected chi connectivity index (χ3v) is 6.40. The lowest BCUT2D eigenvalue weighted by Crippen LogP contribution is -2.42. The van der Waals surface area contributed by atoms with Gasteiger partial charge in [0, 0.05) is 32.7 Å². The first kappa shape index (κ1) is 17.4. The van der Waals surface area contributed by atoms with Gasteiger partial charge in [-0.25, -0.2) is 8.42 Å². The molecule has 128 valence electrons. The Morgan fingerprint density at radius 2 is 1.46 bits per heavy atom. The predicted molar refractivity (Wildman–Crippen MR) is 97.9 cm³/mol. The van der Waals surface area contributed by atoms with E-state index in [4.69, 9.17) is 11.6 Å². The maximum Gasteiger partial charge on any atom is 0.192 e. The summed E-state index contributed by atoms with van der Waals surface area (Å²) in [7, 11) is -3.37. The zero-order valence-corrected chi connectivity index (χ0v) is 15.0. The quantitative estimate of drug-likeness (QED) is 0.829. The Hall–Kier alpha value is -1.40. The van der Waals surface area contributed by atoms with E-state index in [9.17, 15) is 8.42 Å². The van der Waals surface area contributed by atoms with E-state index in [-0.39, 0.29) is 4.90 Å². The van der Waals surface area contributed by atoms with E-state index in [0.717, 1.165) is 43.9 Å². The molecule has 0 aliphatic carbocycles. The second-order valence-electron chi connectivity index (χ2n) is 5.97. The summed E-state index contributed by atoms with van der Waals surface area (Å²) in [6.45, 7) is 5.23. The highest BCUT2D eigenvalue weighted by molar-refractivity contribution is 7.92. The topological polar surface area (TPSA) is 49.4 Å². The zero-order chi connectivity index (χ0) is 17.0. The van der Waals surface area contributed by atoms with Crippen molar-refractivity contribution in [1.29, 1.82) is 0 Å². The van der Waals surface area contributed by atoms with Crippen molar-refractivity contribution in [3.8, 4) is 11.1 Å². The van der Waals surface area contributed by atoms with Crippen LogP contribution in [0.3, 0.4) is 0 Å². The summed E-state index contributed by atoms with van der Waals surface area (Å²) in [6, 6.07) is 15.3. The number of hydrogen-bond donors (Lipinski definition) is 1. The molecule has 0 bridgehead atoms. The molecule has 0 atom stereocenters. The lowest BCUT2D eigenvalue weighted by molar-refractivity contribution is 0.233.